The Balaban J connectivity index is 0.000000505. The quantitative estimate of drug-likeness (QED) is 0.383. The molecule has 0 atom stereocenters. The number of unbranched alkanes of at least 4 members (excludes halogenated alkanes) is 1. The van der Waals surface area contributed by atoms with E-state index in [9.17, 15) is 17.3 Å². The van der Waals surface area contributed by atoms with Crippen molar-refractivity contribution in [1.82, 2.24) is 0 Å². The highest BCUT2D eigenvalue weighted by molar-refractivity contribution is 6.50. The second kappa shape index (κ2) is 8.85. The van der Waals surface area contributed by atoms with Crippen molar-refractivity contribution < 1.29 is 21.8 Å². The molecule has 0 radical (unpaired) electrons. The first-order chi connectivity index (χ1) is 11.1. The molecule has 0 aliphatic carbocycles. The van der Waals surface area contributed by atoms with E-state index in [0.717, 1.165) is 6.54 Å². The lowest BCUT2D eigenvalue weighted by Crippen LogP contribution is -2.40. The minimum Gasteiger partial charge on any atom is -0.418 e. The topological polar surface area (TPSA) is 3.88 Å². The first kappa shape index (κ1) is 20.2. The highest BCUT2D eigenvalue weighted by Crippen LogP contribution is 2.20. The lowest BCUT2D eigenvalue weighted by Gasteiger charge is -2.08. The van der Waals surface area contributed by atoms with Crippen LogP contribution in [0.3, 0.4) is 0 Å². The highest BCUT2D eigenvalue weighted by atomic mass is 19.5. The fraction of sp³-hybridized carbons (Fsp3) is 0.389. The summed E-state index contributed by atoms with van der Waals surface area (Å²) in [7, 11) is -6.00. The van der Waals surface area contributed by atoms with Gasteiger partial charge in [0.15, 0.2) is 11.4 Å². The van der Waals surface area contributed by atoms with Crippen molar-refractivity contribution >= 4 is 7.25 Å². The van der Waals surface area contributed by atoms with Crippen molar-refractivity contribution in [2.45, 2.75) is 47.1 Å². The zero-order chi connectivity index (χ0) is 18.3. The van der Waals surface area contributed by atoms with Gasteiger partial charge >= 0.3 is 7.25 Å². The number of pyridine rings is 1. The highest BCUT2D eigenvalue weighted by Gasteiger charge is 2.20. The van der Waals surface area contributed by atoms with E-state index in [4.69, 9.17) is 0 Å². The molecule has 1 aromatic carbocycles. The van der Waals surface area contributed by atoms with Gasteiger partial charge in [0.05, 0.1) is 0 Å². The molecule has 24 heavy (non-hydrogen) atoms. The smallest absolute Gasteiger partial charge is 0.418 e. The molecule has 1 heterocycles. The standard InChI is InChI=1S/C18H24N.BF4/c1-5-6-11-19-15(3)12-18(13-16(19)4)17-9-7-14(2)8-10-17;2-1(3,4)5/h7-10,12-13H,5-6,11H2,1-4H3;/q+1;-1. The van der Waals surface area contributed by atoms with Crippen molar-refractivity contribution in [2.24, 2.45) is 0 Å². The number of hydrogen-bond donors (Lipinski definition) is 0. The molecule has 0 aliphatic rings. The van der Waals surface area contributed by atoms with Gasteiger partial charge in [0, 0.05) is 32.4 Å². The van der Waals surface area contributed by atoms with E-state index < -0.39 is 7.25 Å². The van der Waals surface area contributed by atoms with Gasteiger partial charge in [0.1, 0.15) is 6.54 Å². The molecule has 0 unspecified atom stereocenters. The molecule has 0 saturated heterocycles. The summed E-state index contributed by atoms with van der Waals surface area (Å²) >= 11 is 0. The summed E-state index contributed by atoms with van der Waals surface area (Å²) < 4.78 is 41.4. The average Bonchev–Trinajstić information content (AvgIpc) is 2.45. The van der Waals surface area contributed by atoms with Gasteiger partial charge in [-0.15, -0.1) is 0 Å². The molecule has 0 saturated carbocycles. The van der Waals surface area contributed by atoms with Gasteiger partial charge in [-0.3, -0.25) is 0 Å². The van der Waals surface area contributed by atoms with Gasteiger partial charge in [0.2, 0.25) is 0 Å². The van der Waals surface area contributed by atoms with Crippen molar-refractivity contribution in [2.75, 3.05) is 0 Å². The monoisotopic (exact) mass is 341 g/mol. The number of hydrogen-bond acceptors (Lipinski definition) is 0. The van der Waals surface area contributed by atoms with E-state index in [1.165, 1.54) is 40.9 Å². The van der Waals surface area contributed by atoms with Crippen LogP contribution in [-0.2, 0) is 6.54 Å². The number of nitrogens with zero attached hydrogens (tertiary/aromatic N) is 1. The van der Waals surface area contributed by atoms with E-state index in [0.29, 0.717) is 0 Å². The maximum absolute atomic E-state index is 9.75. The largest absolute Gasteiger partial charge is 0.673 e. The predicted molar refractivity (Wildman–Crippen MR) is 91.4 cm³/mol. The van der Waals surface area contributed by atoms with Gasteiger partial charge in [-0.1, -0.05) is 43.2 Å². The molecule has 2 rings (SSSR count). The first-order valence-electron chi connectivity index (χ1n) is 8.07. The summed E-state index contributed by atoms with van der Waals surface area (Å²) in [4.78, 5) is 0. The van der Waals surface area contributed by atoms with Gasteiger partial charge < -0.3 is 17.3 Å². The van der Waals surface area contributed by atoms with Gasteiger partial charge in [-0.05, 0) is 18.1 Å². The Kier molecular flexibility index (Phi) is 7.45. The molecule has 0 N–H and O–H groups in total. The molecule has 0 bridgehead atoms. The van der Waals surface area contributed by atoms with E-state index in [-0.39, 0.29) is 0 Å². The molecule has 0 aliphatic heterocycles. The van der Waals surface area contributed by atoms with Crippen LogP contribution in [0.1, 0.15) is 36.7 Å². The van der Waals surface area contributed by atoms with Crippen LogP contribution in [0, 0.1) is 20.8 Å². The third kappa shape index (κ3) is 7.15. The summed E-state index contributed by atoms with van der Waals surface area (Å²) in [6, 6.07) is 13.4. The normalized spacial score (nSPS) is 11.0. The molecule has 0 spiro atoms. The summed E-state index contributed by atoms with van der Waals surface area (Å²) in [5.41, 5.74) is 6.64. The minimum atomic E-state index is -6.00. The van der Waals surface area contributed by atoms with Gasteiger partial charge in [-0.2, -0.15) is 0 Å². The molecule has 132 valence electrons. The lowest BCUT2D eigenvalue weighted by atomic mass is 10.0. The Morgan fingerprint density at radius 2 is 1.29 bits per heavy atom. The third-order valence-corrected chi connectivity index (χ3v) is 3.70. The maximum Gasteiger partial charge on any atom is 0.673 e. The Labute approximate surface area is 141 Å². The van der Waals surface area contributed by atoms with Crippen LogP contribution in [0.15, 0.2) is 36.4 Å². The predicted octanol–water partition coefficient (Wildman–Crippen LogP) is 5.67. The second-order valence-electron chi connectivity index (χ2n) is 5.89. The van der Waals surface area contributed by atoms with Crippen LogP contribution >= 0.6 is 0 Å². The molecule has 1 aromatic heterocycles. The Morgan fingerprint density at radius 3 is 1.71 bits per heavy atom. The summed E-state index contributed by atoms with van der Waals surface area (Å²) in [6.07, 6.45) is 2.49. The molecule has 0 fully saturated rings. The van der Waals surface area contributed by atoms with E-state index in [2.05, 4.69) is 68.7 Å². The van der Waals surface area contributed by atoms with Gasteiger partial charge in [-0.25, -0.2) is 4.57 Å². The Morgan fingerprint density at radius 1 is 0.833 bits per heavy atom. The van der Waals surface area contributed by atoms with Crippen LogP contribution < -0.4 is 4.57 Å². The Hall–Kier alpha value is -1.85. The third-order valence-electron chi connectivity index (χ3n) is 3.70. The molecule has 6 heteroatoms. The average molecular weight is 341 g/mol. The molecule has 2 aromatic rings. The maximum atomic E-state index is 9.75. The molecular formula is C18H24BF4N. The summed E-state index contributed by atoms with van der Waals surface area (Å²) in [5, 5.41) is 0. The number of benzene rings is 1. The number of halogens is 4. The summed E-state index contributed by atoms with van der Waals surface area (Å²) in [5.74, 6) is 0. The summed E-state index contributed by atoms with van der Waals surface area (Å²) in [6.45, 7) is 9.92. The SMILES string of the molecule is CCCC[n+]1c(C)cc(-c2ccc(C)cc2)cc1C.F[B-](F)(F)F. The van der Waals surface area contributed by atoms with E-state index in [1.54, 1.807) is 0 Å². The lowest BCUT2D eigenvalue weighted by molar-refractivity contribution is -0.708. The number of aryl methyl sites for hydroxylation is 3. The van der Waals surface area contributed by atoms with Gasteiger partial charge in [0.25, 0.3) is 0 Å². The molecule has 0 amide bonds. The minimum absolute atomic E-state index is 1.13. The van der Waals surface area contributed by atoms with Crippen molar-refractivity contribution in [3.05, 3.63) is 53.3 Å². The fourth-order valence-electron chi connectivity index (χ4n) is 2.51. The molecule has 1 nitrogen and oxygen atoms in total. The van der Waals surface area contributed by atoms with Crippen LogP contribution in [0.25, 0.3) is 11.1 Å². The van der Waals surface area contributed by atoms with Crippen molar-refractivity contribution in [1.29, 1.82) is 0 Å². The van der Waals surface area contributed by atoms with E-state index in [1.807, 2.05) is 0 Å². The van der Waals surface area contributed by atoms with Crippen LogP contribution in [0.4, 0.5) is 17.3 Å². The zero-order valence-electron chi connectivity index (χ0n) is 14.6. The Bertz CT molecular complexity index is 622. The second-order valence-corrected chi connectivity index (χ2v) is 5.89. The van der Waals surface area contributed by atoms with E-state index >= 15 is 0 Å². The molecular weight excluding hydrogens is 317 g/mol. The van der Waals surface area contributed by atoms with Crippen LogP contribution in [0.5, 0.6) is 0 Å². The van der Waals surface area contributed by atoms with Crippen molar-refractivity contribution in [3.63, 3.8) is 0 Å². The fourth-order valence-corrected chi connectivity index (χ4v) is 2.51. The van der Waals surface area contributed by atoms with Crippen LogP contribution in [0.2, 0.25) is 0 Å². The zero-order valence-corrected chi connectivity index (χ0v) is 14.6. The van der Waals surface area contributed by atoms with Crippen molar-refractivity contribution in [3.8, 4) is 11.1 Å². The number of rotatable bonds is 4. The first-order valence-corrected chi connectivity index (χ1v) is 8.07. The number of aromatic nitrogens is 1. The van der Waals surface area contributed by atoms with Crippen LogP contribution in [-0.4, -0.2) is 7.25 Å².